The highest BCUT2D eigenvalue weighted by molar-refractivity contribution is 5.71. The highest BCUT2D eigenvalue weighted by Crippen LogP contribution is 2.37. The van der Waals surface area contributed by atoms with Gasteiger partial charge < -0.3 is 15.4 Å². The molecule has 1 heterocycles. The van der Waals surface area contributed by atoms with Gasteiger partial charge >= 0.3 is 12.3 Å². The van der Waals surface area contributed by atoms with Crippen LogP contribution in [0.15, 0.2) is 42.5 Å². The second-order valence-corrected chi connectivity index (χ2v) is 6.17. The van der Waals surface area contributed by atoms with Gasteiger partial charge in [0.05, 0.1) is 24.6 Å². The van der Waals surface area contributed by atoms with E-state index in [0.717, 1.165) is 28.9 Å². The fourth-order valence-corrected chi connectivity index (χ4v) is 3.27. The van der Waals surface area contributed by atoms with Gasteiger partial charge in [-0.1, -0.05) is 12.1 Å². The molecule has 0 bridgehead atoms. The molecule has 2 aromatic carbocycles. The van der Waals surface area contributed by atoms with E-state index < -0.39 is 23.9 Å². The summed E-state index contributed by atoms with van der Waals surface area (Å²) in [4.78, 5) is 13.0. The van der Waals surface area contributed by atoms with Gasteiger partial charge in [0.1, 0.15) is 6.10 Å². The van der Waals surface area contributed by atoms with Crippen molar-refractivity contribution in [1.82, 2.24) is 0 Å². The highest BCUT2D eigenvalue weighted by Gasteiger charge is 2.32. The van der Waals surface area contributed by atoms with Gasteiger partial charge in [-0.05, 0) is 41.5 Å². The minimum absolute atomic E-state index is 0.174. The van der Waals surface area contributed by atoms with Crippen molar-refractivity contribution in [2.75, 3.05) is 11.4 Å². The SMILES string of the molecule is N#CCc1cccc2c1CC(OC(N)=O)CN2c1ccc(C(F)(F)F)cc1. The van der Waals surface area contributed by atoms with Crippen LogP contribution >= 0.6 is 0 Å². The normalized spacial score (nSPS) is 16.4. The molecular formula is C19H16F3N3O2. The molecule has 140 valence electrons. The maximum Gasteiger partial charge on any atom is 0.416 e. The van der Waals surface area contributed by atoms with Crippen molar-refractivity contribution in [3.8, 4) is 6.07 Å². The second kappa shape index (κ2) is 7.19. The third kappa shape index (κ3) is 3.97. The van der Waals surface area contributed by atoms with Gasteiger partial charge in [-0.15, -0.1) is 0 Å². The van der Waals surface area contributed by atoms with E-state index in [1.807, 2.05) is 6.07 Å². The molecule has 1 amide bonds. The van der Waals surface area contributed by atoms with Crippen molar-refractivity contribution in [2.45, 2.75) is 25.1 Å². The van der Waals surface area contributed by atoms with Crippen molar-refractivity contribution < 1.29 is 22.7 Å². The maximum atomic E-state index is 12.8. The first-order valence-electron chi connectivity index (χ1n) is 8.18. The molecule has 0 spiro atoms. The second-order valence-electron chi connectivity index (χ2n) is 6.17. The first-order chi connectivity index (χ1) is 12.8. The highest BCUT2D eigenvalue weighted by atomic mass is 19.4. The number of alkyl halides is 3. The third-order valence-corrected chi connectivity index (χ3v) is 4.42. The minimum Gasteiger partial charge on any atom is -0.444 e. The Bertz CT molecular complexity index is 889. The van der Waals surface area contributed by atoms with Crippen molar-refractivity contribution >= 4 is 17.5 Å². The van der Waals surface area contributed by atoms with Crippen LogP contribution in [-0.4, -0.2) is 18.7 Å². The van der Waals surface area contributed by atoms with Crippen LogP contribution in [0.1, 0.15) is 16.7 Å². The topological polar surface area (TPSA) is 79.3 Å². The summed E-state index contributed by atoms with van der Waals surface area (Å²) in [6.07, 6.45) is -5.36. The van der Waals surface area contributed by atoms with Gasteiger partial charge in [0.2, 0.25) is 0 Å². The molecule has 0 saturated heterocycles. The summed E-state index contributed by atoms with van der Waals surface area (Å²) in [5.74, 6) is 0. The fraction of sp³-hybridized carbons (Fsp3) is 0.263. The maximum absolute atomic E-state index is 12.8. The van der Waals surface area contributed by atoms with Gasteiger partial charge in [-0.3, -0.25) is 0 Å². The number of hydrogen-bond acceptors (Lipinski definition) is 4. The molecule has 27 heavy (non-hydrogen) atoms. The Morgan fingerprint density at radius 2 is 1.96 bits per heavy atom. The van der Waals surface area contributed by atoms with E-state index in [9.17, 15) is 18.0 Å². The van der Waals surface area contributed by atoms with E-state index in [-0.39, 0.29) is 13.0 Å². The number of benzene rings is 2. The van der Waals surface area contributed by atoms with E-state index >= 15 is 0 Å². The van der Waals surface area contributed by atoms with Crippen LogP contribution in [0.4, 0.5) is 29.3 Å². The predicted octanol–water partition coefficient (Wildman–Crippen LogP) is 3.93. The Morgan fingerprint density at radius 3 is 2.56 bits per heavy atom. The number of amides is 1. The smallest absolute Gasteiger partial charge is 0.416 e. The molecule has 8 heteroatoms. The number of hydrogen-bond donors (Lipinski definition) is 1. The number of nitriles is 1. The van der Waals surface area contributed by atoms with Crippen molar-refractivity contribution in [1.29, 1.82) is 5.26 Å². The molecule has 0 saturated carbocycles. The number of primary amides is 1. The Hall–Kier alpha value is -3.21. The number of ether oxygens (including phenoxy) is 1. The van der Waals surface area contributed by atoms with Gasteiger partial charge in [0.25, 0.3) is 0 Å². The number of halogens is 3. The number of anilines is 2. The molecule has 1 aliphatic rings. The Labute approximate surface area is 153 Å². The van der Waals surface area contributed by atoms with E-state index in [1.54, 1.807) is 17.0 Å². The summed E-state index contributed by atoms with van der Waals surface area (Å²) >= 11 is 0. The third-order valence-electron chi connectivity index (χ3n) is 4.42. The lowest BCUT2D eigenvalue weighted by molar-refractivity contribution is -0.137. The zero-order valence-corrected chi connectivity index (χ0v) is 14.2. The summed E-state index contributed by atoms with van der Waals surface area (Å²) in [7, 11) is 0. The minimum atomic E-state index is -4.42. The van der Waals surface area contributed by atoms with Gasteiger partial charge in [0.15, 0.2) is 0 Å². The number of rotatable bonds is 3. The molecule has 0 fully saturated rings. The first-order valence-corrected chi connectivity index (χ1v) is 8.18. The first kappa shape index (κ1) is 18.6. The van der Waals surface area contributed by atoms with Gasteiger partial charge in [-0.25, -0.2) is 4.79 Å². The number of fused-ring (bicyclic) bond motifs is 1. The van der Waals surface area contributed by atoms with Crippen LogP contribution < -0.4 is 10.6 Å². The molecule has 1 atom stereocenters. The zero-order valence-electron chi connectivity index (χ0n) is 14.2. The lowest BCUT2D eigenvalue weighted by Crippen LogP contribution is -2.39. The average Bonchev–Trinajstić information content (AvgIpc) is 2.61. The zero-order chi connectivity index (χ0) is 19.6. The molecule has 2 N–H and O–H groups in total. The van der Waals surface area contributed by atoms with E-state index in [4.69, 9.17) is 15.7 Å². The van der Waals surface area contributed by atoms with Crippen LogP contribution in [0.2, 0.25) is 0 Å². The van der Waals surface area contributed by atoms with E-state index in [0.29, 0.717) is 12.1 Å². The van der Waals surface area contributed by atoms with Crippen molar-refractivity contribution in [2.24, 2.45) is 5.73 Å². The van der Waals surface area contributed by atoms with Crippen LogP contribution in [-0.2, 0) is 23.8 Å². The van der Waals surface area contributed by atoms with Gasteiger partial charge in [0, 0.05) is 17.8 Å². The Morgan fingerprint density at radius 1 is 1.26 bits per heavy atom. The molecular weight excluding hydrogens is 359 g/mol. The number of nitrogens with two attached hydrogens (primary N) is 1. The molecule has 2 aromatic rings. The van der Waals surface area contributed by atoms with Gasteiger partial charge in [-0.2, -0.15) is 18.4 Å². The molecule has 1 unspecified atom stereocenters. The monoisotopic (exact) mass is 375 g/mol. The van der Waals surface area contributed by atoms with Crippen LogP contribution in [0.5, 0.6) is 0 Å². The van der Waals surface area contributed by atoms with Crippen LogP contribution in [0, 0.1) is 11.3 Å². The summed E-state index contributed by atoms with van der Waals surface area (Å²) in [5.41, 5.74) is 7.28. The number of carbonyl (C=O) groups excluding carboxylic acids is 1. The molecule has 1 aliphatic heterocycles. The van der Waals surface area contributed by atoms with Crippen molar-refractivity contribution in [3.63, 3.8) is 0 Å². The van der Waals surface area contributed by atoms with Crippen LogP contribution in [0.25, 0.3) is 0 Å². The van der Waals surface area contributed by atoms with Crippen LogP contribution in [0.3, 0.4) is 0 Å². The summed E-state index contributed by atoms with van der Waals surface area (Å²) in [6.45, 7) is 0.247. The fourth-order valence-electron chi connectivity index (χ4n) is 3.27. The average molecular weight is 375 g/mol. The molecule has 0 aliphatic carbocycles. The predicted molar refractivity (Wildman–Crippen MR) is 92.4 cm³/mol. The lowest BCUT2D eigenvalue weighted by atomic mass is 9.93. The molecule has 0 radical (unpaired) electrons. The summed E-state index contributed by atoms with van der Waals surface area (Å²) < 4.78 is 43.6. The quantitative estimate of drug-likeness (QED) is 0.882. The number of nitrogens with zero attached hydrogens (tertiary/aromatic N) is 2. The standard InChI is InChI=1S/C19H16F3N3O2/c20-19(21,22)13-4-6-14(7-5-13)25-11-15(27-18(24)26)10-16-12(8-9-23)2-1-3-17(16)25/h1-7,15H,8,10-11H2,(H2,24,26). The Balaban J connectivity index is 2.03. The largest absolute Gasteiger partial charge is 0.444 e. The summed E-state index contributed by atoms with van der Waals surface area (Å²) in [6, 6.07) is 12.3. The lowest BCUT2D eigenvalue weighted by Gasteiger charge is -2.36. The number of carbonyl (C=O) groups is 1. The summed E-state index contributed by atoms with van der Waals surface area (Å²) in [5, 5.41) is 9.05. The van der Waals surface area contributed by atoms with E-state index in [1.165, 1.54) is 12.1 Å². The van der Waals surface area contributed by atoms with Crippen molar-refractivity contribution in [3.05, 3.63) is 59.2 Å². The molecule has 5 nitrogen and oxygen atoms in total. The van der Waals surface area contributed by atoms with E-state index in [2.05, 4.69) is 6.07 Å². The molecule has 3 rings (SSSR count). The molecule has 0 aromatic heterocycles. The Kier molecular flexibility index (Phi) is 4.95.